The molecule has 0 radical (unpaired) electrons. The highest BCUT2D eigenvalue weighted by Gasteiger charge is 2.23. The van der Waals surface area contributed by atoms with Crippen molar-refractivity contribution < 1.29 is 14.3 Å². The summed E-state index contributed by atoms with van der Waals surface area (Å²) in [5.41, 5.74) is 1.67. The molecule has 2 amide bonds. The zero-order valence-electron chi connectivity index (χ0n) is 16.8. The lowest BCUT2D eigenvalue weighted by Gasteiger charge is -2.35. The molecule has 0 atom stereocenters. The van der Waals surface area contributed by atoms with Gasteiger partial charge in [0, 0.05) is 51.5 Å². The first-order valence-corrected chi connectivity index (χ1v) is 9.91. The molecular weight excluding hydrogens is 342 g/mol. The number of carbonyl (C=O) groups is 2. The molecule has 1 heterocycles. The summed E-state index contributed by atoms with van der Waals surface area (Å²) in [4.78, 5) is 26.8. The van der Waals surface area contributed by atoms with Crippen LogP contribution in [0.1, 0.15) is 49.9 Å². The number of anilines is 1. The third-order valence-electron chi connectivity index (χ3n) is 4.75. The molecule has 27 heavy (non-hydrogen) atoms. The highest BCUT2D eigenvalue weighted by atomic mass is 16.5. The van der Waals surface area contributed by atoms with Gasteiger partial charge in [-0.2, -0.15) is 0 Å². The number of hydrogen-bond acceptors (Lipinski definition) is 4. The minimum absolute atomic E-state index is 0.0472. The van der Waals surface area contributed by atoms with E-state index >= 15 is 0 Å². The van der Waals surface area contributed by atoms with Gasteiger partial charge in [0.15, 0.2) is 0 Å². The number of hydrogen-bond donors (Lipinski definition) is 2. The molecule has 2 N–H and O–H groups in total. The predicted octanol–water partition coefficient (Wildman–Crippen LogP) is 2.58. The number of rotatable bonds is 9. The average molecular weight is 376 g/mol. The lowest BCUT2D eigenvalue weighted by molar-refractivity contribution is -0.122. The number of amides is 2. The third kappa shape index (κ3) is 6.86. The highest BCUT2D eigenvalue weighted by Crippen LogP contribution is 2.24. The third-order valence-corrected chi connectivity index (χ3v) is 4.75. The van der Waals surface area contributed by atoms with Crippen LogP contribution >= 0.6 is 0 Å². The quantitative estimate of drug-likeness (QED) is 0.651. The van der Waals surface area contributed by atoms with E-state index in [2.05, 4.69) is 29.4 Å². The lowest BCUT2D eigenvalue weighted by atomic mass is 10.0. The number of nitrogens with one attached hydrogen (secondary N) is 2. The van der Waals surface area contributed by atoms with Crippen molar-refractivity contribution in [1.82, 2.24) is 10.6 Å². The van der Waals surface area contributed by atoms with Crippen LogP contribution in [0.2, 0.25) is 0 Å². The summed E-state index contributed by atoms with van der Waals surface area (Å²) in [6, 6.07) is 7.96. The Morgan fingerprint density at radius 3 is 2.59 bits per heavy atom. The zero-order valence-corrected chi connectivity index (χ0v) is 16.8. The van der Waals surface area contributed by atoms with Gasteiger partial charge < -0.3 is 20.3 Å². The molecule has 0 unspecified atom stereocenters. The van der Waals surface area contributed by atoms with Gasteiger partial charge in [0.05, 0.1) is 5.56 Å². The van der Waals surface area contributed by atoms with Crippen LogP contribution in [0, 0.1) is 5.92 Å². The minimum Gasteiger partial charge on any atom is -0.385 e. The standard InChI is InChI=1S/C21H33N3O3/c1-16(2)15-20(25)23-17-9-12-24(13-10-17)19-8-5-4-7-18(19)21(26)22-11-6-14-27-3/h4-5,7-8,16-17H,6,9-15H2,1-3H3,(H,22,26)(H,23,25). The van der Waals surface area contributed by atoms with Gasteiger partial charge in [-0.05, 0) is 37.3 Å². The molecule has 0 spiro atoms. The maximum Gasteiger partial charge on any atom is 0.253 e. The summed E-state index contributed by atoms with van der Waals surface area (Å²) >= 11 is 0. The van der Waals surface area contributed by atoms with E-state index in [0.717, 1.165) is 38.0 Å². The summed E-state index contributed by atoms with van der Waals surface area (Å²) in [5, 5.41) is 6.11. The Kier molecular flexibility index (Phi) is 8.58. The van der Waals surface area contributed by atoms with Crippen LogP contribution in [-0.2, 0) is 9.53 Å². The van der Waals surface area contributed by atoms with Crippen molar-refractivity contribution in [2.24, 2.45) is 5.92 Å². The van der Waals surface area contributed by atoms with E-state index in [-0.39, 0.29) is 17.9 Å². The number of para-hydroxylation sites is 1. The van der Waals surface area contributed by atoms with E-state index in [0.29, 0.717) is 31.1 Å². The Labute approximate surface area is 162 Å². The molecule has 0 aromatic heterocycles. The van der Waals surface area contributed by atoms with Crippen molar-refractivity contribution in [2.75, 3.05) is 38.3 Å². The van der Waals surface area contributed by atoms with Crippen LogP contribution in [0.3, 0.4) is 0 Å². The van der Waals surface area contributed by atoms with Crippen LogP contribution in [-0.4, -0.2) is 51.2 Å². The number of benzene rings is 1. The van der Waals surface area contributed by atoms with E-state index in [1.165, 1.54) is 0 Å². The fourth-order valence-corrected chi connectivity index (χ4v) is 3.38. The second kappa shape index (κ2) is 10.9. The second-order valence-corrected chi connectivity index (χ2v) is 7.55. The number of piperidine rings is 1. The molecular formula is C21H33N3O3. The van der Waals surface area contributed by atoms with Crippen LogP contribution in [0.4, 0.5) is 5.69 Å². The molecule has 0 saturated carbocycles. The highest BCUT2D eigenvalue weighted by molar-refractivity contribution is 5.99. The van der Waals surface area contributed by atoms with Crippen molar-refractivity contribution in [3.8, 4) is 0 Å². The van der Waals surface area contributed by atoms with Crippen LogP contribution in [0.15, 0.2) is 24.3 Å². The van der Waals surface area contributed by atoms with Crippen molar-refractivity contribution >= 4 is 17.5 Å². The van der Waals surface area contributed by atoms with E-state index in [4.69, 9.17) is 4.74 Å². The zero-order chi connectivity index (χ0) is 19.6. The van der Waals surface area contributed by atoms with Gasteiger partial charge >= 0.3 is 0 Å². The molecule has 0 bridgehead atoms. The maximum atomic E-state index is 12.5. The van der Waals surface area contributed by atoms with E-state index in [1.54, 1.807) is 7.11 Å². The van der Waals surface area contributed by atoms with Gasteiger partial charge in [-0.1, -0.05) is 26.0 Å². The summed E-state index contributed by atoms with van der Waals surface area (Å²) < 4.78 is 5.02. The van der Waals surface area contributed by atoms with Crippen molar-refractivity contribution in [3.63, 3.8) is 0 Å². The van der Waals surface area contributed by atoms with Crippen LogP contribution in [0.25, 0.3) is 0 Å². The summed E-state index contributed by atoms with van der Waals surface area (Å²) in [5.74, 6) is 0.465. The van der Waals surface area contributed by atoms with Gasteiger partial charge in [0.25, 0.3) is 5.91 Å². The Balaban J connectivity index is 1.90. The smallest absolute Gasteiger partial charge is 0.253 e. The first kappa shape index (κ1) is 21.2. The molecule has 1 fully saturated rings. The molecule has 1 aliphatic rings. The van der Waals surface area contributed by atoms with Gasteiger partial charge in [-0.3, -0.25) is 9.59 Å². The monoisotopic (exact) mass is 375 g/mol. The van der Waals surface area contributed by atoms with Gasteiger partial charge in [-0.25, -0.2) is 0 Å². The van der Waals surface area contributed by atoms with Crippen molar-refractivity contribution in [1.29, 1.82) is 0 Å². The largest absolute Gasteiger partial charge is 0.385 e. The summed E-state index contributed by atoms with van der Waals surface area (Å²) in [7, 11) is 1.66. The second-order valence-electron chi connectivity index (χ2n) is 7.55. The Morgan fingerprint density at radius 1 is 1.22 bits per heavy atom. The number of ether oxygens (including phenoxy) is 1. The molecule has 1 aliphatic heterocycles. The first-order chi connectivity index (χ1) is 13.0. The lowest BCUT2D eigenvalue weighted by Crippen LogP contribution is -2.45. The molecule has 1 saturated heterocycles. The topological polar surface area (TPSA) is 70.7 Å². The van der Waals surface area contributed by atoms with E-state index in [1.807, 2.05) is 24.3 Å². The SMILES string of the molecule is COCCCNC(=O)c1ccccc1N1CCC(NC(=O)CC(C)C)CC1. The molecule has 1 aromatic rings. The number of methoxy groups -OCH3 is 1. The molecule has 2 rings (SSSR count). The molecule has 6 nitrogen and oxygen atoms in total. The molecule has 1 aromatic carbocycles. The summed E-state index contributed by atoms with van der Waals surface area (Å²) in [6.45, 7) is 7.02. The summed E-state index contributed by atoms with van der Waals surface area (Å²) in [6.07, 6.45) is 3.17. The number of carbonyl (C=O) groups excluding carboxylic acids is 2. The average Bonchev–Trinajstić information content (AvgIpc) is 2.65. The molecule has 150 valence electrons. The normalized spacial score (nSPS) is 15.0. The van der Waals surface area contributed by atoms with Crippen molar-refractivity contribution in [3.05, 3.63) is 29.8 Å². The van der Waals surface area contributed by atoms with Crippen LogP contribution in [0.5, 0.6) is 0 Å². The fraction of sp³-hybridized carbons (Fsp3) is 0.619. The first-order valence-electron chi connectivity index (χ1n) is 9.91. The Hall–Kier alpha value is -2.08. The predicted molar refractivity (Wildman–Crippen MR) is 108 cm³/mol. The minimum atomic E-state index is -0.0472. The molecule has 6 heteroatoms. The van der Waals surface area contributed by atoms with Gasteiger partial charge in [-0.15, -0.1) is 0 Å². The van der Waals surface area contributed by atoms with Gasteiger partial charge in [0.1, 0.15) is 0 Å². The Morgan fingerprint density at radius 2 is 1.93 bits per heavy atom. The van der Waals surface area contributed by atoms with E-state index in [9.17, 15) is 9.59 Å². The molecule has 0 aliphatic carbocycles. The van der Waals surface area contributed by atoms with Crippen molar-refractivity contribution in [2.45, 2.75) is 45.6 Å². The fourth-order valence-electron chi connectivity index (χ4n) is 3.38. The maximum absolute atomic E-state index is 12.5. The van der Waals surface area contributed by atoms with Gasteiger partial charge in [0.2, 0.25) is 5.91 Å². The van der Waals surface area contributed by atoms with Crippen LogP contribution < -0.4 is 15.5 Å². The Bertz CT molecular complexity index is 610. The number of nitrogens with zero attached hydrogens (tertiary/aromatic N) is 1. The van der Waals surface area contributed by atoms with E-state index < -0.39 is 0 Å².